The van der Waals surface area contributed by atoms with E-state index >= 15 is 0 Å². The second-order valence-corrected chi connectivity index (χ2v) is 4.27. The van der Waals surface area contributed by atoms with E-state index in [-0.39, 0.29) is 12.0 Å². The maximum Gasteiger partial charge on any atom is 0.307 e. The van der Waals surface area contributed by atoms with Crippen LogP contribution < -0.4 is 10.2 Å². The van der Waals surface area contributed by atoms with Crippen LogP contribution in [0.4, 0.5) is 11.4 Å². The Morgan fingerprint density at radius 1 is 1.47 bits per heavy atom. The molecule has 4 nitrogen and oxygen atoms in total. The molecule has 94 valence electrons. The molecule has 0 heterocycles. The highest BCUT2D eigenvalue weighted by Crippen LogP contribution is 2.18. The van der Waals surface area contributed by atoms with Gasteiger partial charge in [-0.2, -0.15) is 0 Å². The van der Waals surface area contributed by atoms with Gasteiger partial charge in [0, 0.05) is 31.5 Å². The Kier molecular flexibility index (Phi) is 4.82. The van der Waals surface area contributed by atoms with Crippen molar-refractivity contribution in [3.05, 3.63) is 24.3 Å². The minimum atomic E-state index is -0.200. The van der Waals surface area contributed by atoms with Crippen LogP contribution in [0.2, 0.25) is 0 Å². The van der Waals surface area contributed by atoms with Gasteiger partial charge >= 0.3 is 5.97 Å². The summed E-state index contributed by atoms with van der Waals surface area (Å²) in [6, 6.07) is 8.12. The number of carbonyl (C=O) groups is 1. The lowest BCUT2D eigenvalue weighted by molar-refractivity contribution is -0.140. The van der Waals surface area contributed by atoms with E-state index < -0.39 is 0 Å². The highest BCUT2D eigenvalue weighted by atomic mass is 16.5. The molecule has 1 unspecified atom stereocenters. The van der Waals surface area contributed by atoms with Crippen LogP contribution >= 0.6 is 0 Å². The van der Waals surface area contributed by atoms with Crippen molar-refractivity contribution in [2.24, 2.45) is 0 Å². The summed E-state index contributed by atoms with van der Waals surface area (Å²) in [6.45, 7) is 1.96. The molecule has 4 heteroatoms. The van der Waals surface area contributed by atoms with Crippen molar-refractivity contribution >= 4 is 17.3 Å². The zero-order valence-electron chi connectivity index (χ0n) is 10.9. The Hall–Kier alpha value is -1.71. The molecular formula is C13H20N2O2. The first kappa shape index (κ1) is 13.4. The van der Waals surface area contributed by atoms with Gasteiger partial charge in [-0.1, -0.05) is 6.07 Å². The number of nitrogens with one attached hydrogen (secondary N) is 1. The van der Waals surface area contributed by atoms with Crippen molar-refractivity contribution < 1.29 is 9.53 Å². The van der Waals surface area contributed by atoms with Crippen molar-refractivity contribution in [3.8, 4) is 0 Å². The summed E-state index contributed by atoms with van der Waals surface area (Å²) in [5, 5.41) is 3.27. The highest BCUT2D eigenvalue weighted by Gasteiger charge is 2.09. The topological polar surface area (TPSA) is 41.6 Å². The van der Waals surface area contributed by atoms with Gasteiger partial charge in [0.15, 0.2) is 0 Å². The molecule has 0 fully saturated rings. The van der Waals surface area contributed by atoms with Gasteiger partial charge in [-0.15, -0.1) is 0 Å². The van der Waals surface area contributed by atoms with Crippen molar-refractivity contribution in [2.75, 3.05) is 31.4 Å². The van der Waals surface area contributed by atoms with Gasteiger partial charge in [0.1, 0.15) is 0 Å². The number of carbonyl (C=O) groups excluding carboxylic acids is 1. The first-order chi connectivity index (χ1) is 8.02. The summed E-state index contributed by atoms with van der Waals surface area (Å²) in [6.07, 6.45) is 0.364. The fourth-order valence-electron chi connectivity index (χ4n) is 1.54. The zero-order chi connectivity index (χ0) is 12.8. The second-order valence-electron chi connectivity index (χ2n) is 4.27. The van der Waals surface area contributed by atoms with Gasteiger partial charge in [-0.25, -0.2) is 0 Å². The molecule has 1 aromatic rings. The molecule has 0 bridgehead atoms. The van der Waals surface area contributed by atoms with Crippen LogP contribution in [0.3, 0.4) is 0 Å². The molecule has 0 aromatic heterocycles. The Morgan fingerprint density at radius 2 is 2.18 bits per heavy atom. The number of methoxy groups -OCH3 is 1. The third-order valence-corrected chi connectivity index (χ3v) is 2.48. The summed E-state index contributed by atoms with van der Waals surface area (Å²) in [5.41, 5.74) is 2.13. The molecule has 0 aliphatic carbocycles. The standard InChI is InChI=1S/C13H20N2O2/c1-10(8-13(16)17-4)14-11-6-5-7-12(9-11)15(2)3/h5-7,9-10,14H,8H2,1-4H3. The van der Waals surface area contributed by atoms with Crippen molar-refractivity contribution in [1.29, 1.82) is 0 Å². The van der Waals surface area contributed by atoms with Gasteiger partial charge in [-0.3, -0.25) is 4.79 Å². The van der Waals surface area contributed by atoms with E-state index in [1.54, 1.807) is 0 Å². The molecule has 0 saturated heterocycles. The van der Waals surface area contributed by atoms with Crippen LogP contribution in [-0.2, 0) is 9.53 Å². The van der Waals surface area contributed by atoms with Crippen LogP contribution in [0.1, 0.15) is 13.3 Å². The van der Waals surface area contributed by atoms with Crippen molar-refractivity contribution in [1.82, 2.24) is 0 Å². The normalized spacial score (nSPS) is 11.8. The Labute approximate surface area is 103 Å². The van der Waals surface area contributed by atoms with E-state index in [2.05, 4.69) is 10.1 Å². The number of hydrogen-bond acceptors (Lipinski definition) is 4. The molecule has 0 saturated carbocycles. The minimum Gasteiger partial charge on any atom is -0.469 e. The van der Waals surface area contributed by atoms with E-state index in [4.69, 9.17) is 0 Å². The molecule has 0 radical (unpaired) electrons. The quantitative estimate of drug-likeness (QED) is 0.795. The molecule has 1 N–H and O–H groups in total. The van der Waals surface area contributed by atoms with Gasteiger partial charge in [0.25, 0.3) is 0 Å². The van der Waals surface area contributed by atoms with E-state index in [1.807, 2.05) is 50.2 Å². The van der Waals surface area contributed by atoms with E-state index in [1.165, 1.54) is 7.11 Å². The lowest BCUT2D eigenvalue weighted by Crippen LogP contribution is -2.20. The molecule has 1 rings (SSSR count). The third kappa shape index (κ3) is 4.34. The summed E-state index contributed by atoms with van der Waals surface area (Å²) in [7, 11) is 5.40. The van der Waals surface area contributed by atoms with Crippen LogP contribution in [0, 0.1) is 0 Å². The van der Waals surface area contributed by atoms with E-state index in [0.29, 0.717) is 6.42 Å². The van der Waals surface area contributed by atoms with Gasteiger partial charge in [0.2, 0.25) is 0 Å². The maximum atomic E-state index is 11.1. The lowest BCUT2D eigenvalue weighted by Gasteiger charge is -2.17. The average Bonchev–Trinajstić information content (AvgIpc) is 2.28. The number of nitrogens with zero attached hydrogens (tertiary/aromatic N) is 1. The molecule has 17 heavy (non-hydrogen) atoms. The van der Waals surface area contributed by atoms with Gasteiger partial charge in [-0.05, 0) is 25.1 Å². The number of rotatable bonds is 5. The van der Waals surface area contributed by atoms with Gasteiger partial charge < -0.3 is 15.0 Å². The molecule has 0 aliphatic heterocycles. The molecule has 1 aromatic carbocycles. The Morgan fingerprint density at radius 3 is 2.76 bits per heavy atom. The SMILES string of the molecule is COC(=O)CC(C)Nc1cccc(N(C)C)c1. The van der Waals surface area contributed by atoms with Gasteiger partial charge in [0.05, 0.1) is 13.5 Å². The second kappa shape index (κ2) is 6.13. The summed E-state index contributed by atoms with van der Waals surface area (Å²) in [5.74, 6) is -0.200. The first-order valence-electron chi connectivity index (χ1n) is 5.63. The largest absolute Gasteiger partial charge is 0.469 e. The highest BCUT2D eigenvalue weighted by molar-refractivity contribution is 5.70. The predicted molar refractivity (Wildman–Crippen MR) is 70.5 cm³/mol. The molecule has 1 atom stereocenters. The number of benzene rings is 1. The minimum absolute atomic E-state index is 0.0554. The van der Waals surface area contributed by atoms with Crippen LogP contribution in [0.15, 0.2) is 24.3 Å². The fraction of sp³-hybridized carbons (Fsp3) is 0.462. The van der Waals surface area contributed by atoms with E-state index in [9.17, 15) is 4.79 Å². The number of ether oxygens (including phenoxy) is 1. The third-order valence-electron chi connectivity index (χ3n) is 2.48. The summed E-state index contributed by atoms with van der Waals surface area (Å²) < 4.78 is 4.63. The average molecular weight is 236 g/mol. The number of esters is 1. The van der Waals surface area contributed by atoms with E-state index in [0.717, 1.165) is 11.4 Å². The molecule has 0 aliphatic rings. The predicted octanol–water partition coefficient (Wildman–Crippen LogP) is 2.12. The monoisotopic (exact) mass is 236 g/mol. The smallest absolute Gasteiger partial charge is 0.307 e. The Balaban J connectivity index is 2.62. The number of anilines is 2. The maximum absolute atomic E-state index is 11.1. The molecular weight excluding hydrogens is 216 g/mol. The van der Waals surface area contributed by atoms with Crippen LogP contribution in [-0.4, -0.2) is 33.2 Å². The number of hydrogen-bond donors (Lipinski definition) is 1. The van der Waals surface area contributed by atoms with Crippen LogP contribution in [0.25, 0.3) is 0 Å². The van der Waals surface area contributed by atoms with Crippen LogP contribution in [0.5, 0.6) is 0 Å². The molecule has 0 amide bonds. The molecule has 0 spiro atoms. The first-order valence-corrected chi connectivity index (χ1v) is 5.63. The zero-order valence-corrected chi connectivity index (χ0v) is 10.9. The Bertz CT molecular complexity index is 377. The van der Waals surface area contributed by atoms with Crippen molar-refractivity contribution in [2.45, 2.75) is 19.4 Å². The van der Waals surface area contributed by atoms with Crippen molar-refractivity contribution in [3.63, 3.8) is 0 Å². The lowest BCUT2D eigenvalue weighted by atomic mass is 10.2. The fourth-order valence-corrected chi connectivity index (χ4v) is 1.54. The summed E-state index contributed by atoms with van der Waals surface area (Å²) in [4.78, 5) is 13.2. The summed E-state index contributed by atoms with van der Waals surface area (Å²) >= 11 is 0.